The fourth-order valence-electron chi connectivity index (χ4n) is 1.57. The third-order valence-electron chi connectivity index (χ3n) is 2.44. The summed E-state index contributed by atoms with van der Waals surface area (Å²) in [6, 6.07) is 5.98. The maximum Gasteiger partial charge on any atom is 0.326 e. The first-order chi connectivity index (χ1) is 9.94. The first-order valence-corrected chi connectivity index (χ1v) is 5.84. The van der Waals surface area contributed by atoms with E-state index in [2.05, 4.69) is 20.6 Å². The summed E-state index contributed by atoms with van der Waals surface area (Å²) < 4.78 is 0. The molecule has 2 amide bonds. The molecule has 1 aromatic carbocycles. The Hall–Kier alpha value is -3.23. The Morgan fingerprint density at radius 1 is 1.29 bits per heavy atom. The molecule has 2 rings (SSSR count). The maximum atomic E-state index is 11.7. The number of nitrogens with one attached hydrogen (secondary N) is 3. The van der Waals surface area contributed by atoms with Crippen LogP contribution in [0.15, 0.2) is 35.1 Å². The lowest BCUT2D eigenvalue weighted by atomic mass is 10.3. The van der Waals surface area contributed by atoms with Crippen LogP contribution in [0.3, 0.4) is 0 Å². The van der Waals surface area contributed by atoms with E-state index in [-0.39, 0.29) is 17.2 Å². The van der Waals surface area contributed by atoms with Crippen LogP contribution < -0.4 is 16.2 Å². The molecular weight excluding hydrogens is 278 g/mol. The van der Waals surface area contributed by atoms with Gasteiger partial charge < -0.3 is 5.32 Å². The summed E-state index contributed by atoms with van der Waals surface area (Å²) in [6.07, 6.45) is 0. The summed E-state index contributed by atoms with van der Waals surface area (Å²) in [6.45, 7) is 1.62. The van der Waals surface area contributed by atoms with Crippen molar-refractivity contribution >= 4 is 23.4 Å². The molecule has 9 heteroatoms. The number of rotatable bonds is 3. The first kappa shape index (κ1) is 14.2. The number of non-ortho nitro benzene ring substituents is 1. The molecule has 0 atom stereocenters. The van der Waals surface area contributed by atoms with Gasteiger partial charge >= 0.3 is 6.03 Å². The molecule has 0 fully saturated rings. The number of carbonyl (C=O) groups is 1. The molecule has 2 aromatic rings. The second kappa shape index (κ2) is 5.82. The topological polar surface area (TPSA) is 130 Å². The zero-order valence-corrected chi connectivity index (χ0v) is 10.9. The van der Waals surface area contributed by atoms with Gasteiger partial charge in [-0.15, -0.1) is 0 Å². The van der Waals surface area contributed by atoms with Crippen LogP contribution in [0.25, 0.3) is 0 Å². The highest BCUT2D eigenvalue weighted by Gasteiger charge is 2.07. The minimum absolute atomic E-state index is 0.0133. The molecule has 0 aliphatic carbocycles. The summed E-state index contributed by atoms with van der Waals surface area (Å²) in [5, 5.41) is 15.3. The SMILES string of the molecule is Cc1cc(=O)[nH]c(NC(=O)Nc2ccc([N+](=O)[O-])cc2)n1. The summed E-state index contributed by atoms with van der Waals surface area (Å²) in [7, 11) is 0. The number of nitro groups is 1. The number of urea groups is 1. The standard InChI is InChI=1S/C12H11N5O4/c1-7-6-10(18)15-11(13-7)16-12(19)14-8-2-4-9(5-3-8)17(20)21/h2-6H,1H3,(H3,13,14,15,16,18,19). The third kappa shape index (κ3) is 3.86. The van der Waals surface area contributed by atoms with E-state index in [1.54, 1.807) is 6.92 Å². The zero-order chi connectivity index (χ0) is 15.4. The van der Waals surface area contributed by atoms with E-state index in [1.807, 2.05) is 0 Å². The normalized spacial score (nSPS) is 9.95. The fourth-order valence-corrected chi connectivity index (χ4v) is 1.57. The van der Waals surface area contributed by atoms with Gasteiger partial charge in [-0.05, 0) is 19.1 Å². The highest BCUT2D eigenvalue weighted by molar-refractivity contribution is 5.98. The smallest absolute Gasteiger partial charge is 0.308 e. The number of hydrogen-bond donors (Lipinski definition) is 3. The molecule has 0 unspecified atom stereocenters. The van der Waals surface area contributed by atoms with Gasteiger partial charge in [-0.25, -0.2) is 9.78 Å². The maximum absolute atomic E-state index is 11.7. The van der Waals surface area contributed by atoms with Crippen LogP contribution in [-0.4, -0.2) is 20.9 Å². The van der Waals surface area contributed by atoms with Crippen molar-refractivity contribution < 1.29 is 9.72 Å². The van der Waals surface area contributed by atoms with E-state index in [9.17, 15) is 19.7 Å². The molecule has 0 aliphatic rings. The number of benzene rings is 1. The highest BCUT2D eigenvalue weighted by Crippen LogP contribution is 2.15. The van der Waals surface area contributed by atoms with Gasteiger partial charge in [-0.2, -0.15) is 0 Å². The fraction of sp³-hybridized carbons (Fsp3) is 0.0833. The monoisotopic (exact) mass is 289 g/mol. The second-order valence-corrected chi connectivity index (χ2v) is 4.12. The number of H-pyrrole nitrogens is 1. The number of nitrogens with zero attached hydrogens (tertiary/aromatic N) is 2. The molecule has 9 nitrogen and oxygen atoms in total. The molecule has 1 aromatic heterocycles. The largest absolute Gasteiger partial charge is 0.326 e. The van der Waals surface area contributed by atoms with Gasteiger partial charge in [0.2, 0.25) is 5.95 Å². The molecule has 3 N–H and O–H groups in total. The van der Waals surface area contributed by atoms with E-state index in [1.165, 1.54) is 30.3 Å². The molecule has 21 heavy (non-hydrogen) atoms. The van der Waals surface area contributed by atoms with Crippen LogP contribution in [-0.2, 0) is 0 Å². The average Bonchev–Trinajstić information content (AvgIpc) is 2.37. The van der Waals surface area contributed by atoms with Gasteiger partial charge in [-0.3, -0.25) is 25.2 Å². The Balaban J connectivity index is 2.04. The van der Waals surface area contributed by atoms with Crippen molar-refractivity contribution in [1.29, 1.82) is 0 Å². The van der Waals surface area contributed by atoms with E-state index in [0.29, 0.717) is 11.4 Å². The molecule has 108 valence electrons. The van der Waals surface area contributed by atoms with Crippen LogP contribution in [0.2, 0.25) is 0 Å². The van der Waals surface area contributed by atoms with Gasteiger partial charge in [0.15, 0.2) is 0 Å². The second-order valence-electron chi connectivity index (χ2n) is 4.12. The number of hydrogen-bond acceptors (Lipinski definition) is 5. The Kier molecular flexibility index (Phi) is 3.93. The van der Waals surface area contributed by atoms with Gasteiger partial charge in [-0.1, -0.05) is 0 Å². The molecule has 0 saturated carbocycles. The zero-order valence-electron chi connectivity index (χ0n) is 10.9. The van der Waals surface area contributed by atoms with E-state index >= 15 is 0 Å². The van der Waals surface area contributed by atoms with Gasteiger partial charge in [0.25, 0.3) is 11.2 Å². The van der Waals surface area contributed by atoms with Crippen molar-refractivity contribution in [2.24, 2.45) is 0 Å². The lowest BCUT2D eigenvalue weighted by Crippen LogP contribution is -2.23. The molecule has 0 saturated heterocycles. The van der Waals surface area contributed by atoms with Crippen LogP contribution in [0.1, 0.15) is 5.69 Å². The Labute approximate surface area is 118 Å². The minimum Gasteiger partial charge on any atom is -0.308 e. The van der Waals surface area contributed by atoms with Crippen molar-refractivity contribution in [2.75, 3.05) is 10.6 Å². The van der Waals surface area contributed by atoms with Crippen LogP contribution in [0, 0.1) is 17.0 Å². The number of aromatic nitrogens is 2. The van der Waals surface area contributed by atoms with Gasteiger partial charge in [0.1, 0.15) is 0 Å². The van der Waals surface area contributed by atoms with Crippen molar-refractivity contribution in [3.8, 4) is 0 Å². The summed E-state index contributed by atoms with van der Waals surface area (Å²) >= 11 is 0. The first-order valence-electron chi connectivity index (χ1n) is 5.84. The lowest BCUT2D eigenvalue weighted by molar-refractivity contribution is -0.384. The van der Waals surface area contributed by atoms with E-state index in [4.69, 9.17) is 0 Å². The molecule has 0 aliphatic heterocycles. The summed E-state index contributed by atoms with van der Waals surface area (Å²) in [5.41, 5.74) is 0.372. The van der Waals surface area contributed by atoms with E-state index in [0.717, 1.165) is 0 Å². The number of amides is 2. The van der Waals surface area contributed by atoms with Gasteiger partial charge in [0.05, 0.1) is 4.92 Å². The predicted octanol–water partition coefficient (Wildman–Crippen LogP) is 1.63. The molecule has 0 spiro atoms. The lowest BCUT2D eigenvalue weighted by Gasteiger charge is -2.06. The minimum atomic E-state index is -0.627. The van der Waals surface area contributed by atoms with Crippen molar-refractivity contribution in [2.45, 2.75) is 6.92 Å². The third-order valence-corrected chi connectivity index (χ3v) is 2.44. The highest BCUT2D eigenvalue weighted by atomic mass is 16.6. The van der Waals surface area contributed by atoms with Crippen LogP contribution in [0.4, 0.5) is 22.1 Å². The summed E-state index contributed by atoms with van der Waals surface area (Å²) in [4.78, 5) is 39.2. The van der Waals surface area contributed by atoms with Crippen LogP contribution >= 0.6 is 0 Å². The van der Waals surface area contributed by atoms with Gasteiger partial charge in [0, 0.05) is 29.6 Å². The molecule has 0 bridgehead atoms. The Morgan fingerprint density at radius 2 is 1.95 bits per heavy atom. The van der Waals surface area contributed by atoms with Crippen molar-refractivity contribution in [3.05, 3.63) is 56.5 Å². The number of carbonyl (C=O) groups excluding carboxylic acids is 1. The predicted molar refractivity (Wildman–Crippen MR) is 75.3 cm³/mol. The van der Waals surface area contributed by atoms with Crippen LogP contribution in [0.5, 0.6) is 0 Å². The Morgan fingerprint density at radius 3 is 2.52 bits per heavy atom. The number of nitro benzene ring substituents is 1. The number of aromatic amines is 1. The average molecular weight is 289 g/mol. The molecule has 0 radical (unpaired) electrons. The quantitative estimate of drug-likeness (QED) is 0.584. The number of aryl methyl sites for hydroxylation is 1. The molecule has 1 heterocycles. The Bertz CT molecular complexity index is 738. The molecular formula is C12H11N5O4. The number of anilines is 2. The summed E-state index contributed by atoms with van der Waals surface area (Å²) in [5.74, 6) is 0.0133. The van der Waals surface area contributed by atoms with Crippen molar-refractivity contribution in [1.82, 2.24) is 9.97 Å². The van der Waals surface area contributed by atoms with E-state index < -0.39 is 11.0 Å². The van der Waals surface area contributed by atoms with Crippen molar-refractivity contribution in [3.63, 3.8) is 0 Å².